The van der Waals surface area contributed by atoms with E-state index in [-0.39, 0.29) is 18.4 Å². The SMILES string of the molecule is CCCCCCCCCCCCOc1cc(C(=O)NCC(=O)NCc2ccc3ccc4cccc5ccc2c3c45)cc(OCCCCCCCCCCCC)c1OCCCCCCCCCCCC. The summed E-state index contributed by atoms with van der Waals surface area (Å²) >= 11 is 0. The van der Waals surface area contributed by atoms with Crippen LogP contribution in [0.4, 0.5) is 0 Å². The Balaban J connectivity index is 1.21. The molecule has 0 spiro atoms. The topological polar surface area (TPSA) is 85.9 Å². The molecule has 2 N–H and O–H groups in total. The first-order valence-corrected chi connectivity index (χ1v) is 28.3. The van der Waals surface area contributed by atoms with Gasteiger partial charge >= 0.3 is 0 Å². The summed E-state index contributed by atoms with van der Waals surface area (Å²) in [5.41, 5.74) is 1.44. The van der Waals surface area contributed by atoms with Gasteiger partial charge in [-0.25, -0.2) is 0 Å². The van der Waals surface area contributed by atoms with Crippen LogP contribution in [0.2, 0.25) is 0 Å². The minimum absolute atomic E-state index is 0.148. The maximum Gasteiger partial charge on any atom is 0.251 e. The number of hydrogen-bond donors (Lipinski definition) is 2. The molecular formula is C62H92N2O5. The molecule has 380 valence electrons. The van der Waals surface area contributed by atoms with Gasteiger partial charge in [0.15, 0.2) is 11.5 Å². The number of carbonyl (C=O) groups is 2. The van der Waals surface area contributed by atoms with Crippen LogP contribution in [0.1, 0.15) is 229 Å². The van der Waals surface area contributed by atoms with Gasteiger partial charge in [-0.15, -0.1) is 0 Å². The van der Waals surface area contributed by atoms with Gasteiger partial charge in [0.05, 0.1) is 26.4 Å². The predicted molar refractivity (Wildman–Crippen MR) is 293 cm³/mol. The molecule has 0 saturated carbocycles. The van der Waals surface area contributed by atoms with Gasteiger partial charge in [0.1, 0.15) is 0 Å². The van der Waals surface area contributed by atoms with E-state index in [1.54, 1.807) is 12.1 Å². The van der Waals surface area contributed by atoms with Crippen molar-refractivity contribution in [1.29, 1.82) is 0 Å². The van der Waals surface area contributed by atoms with Crippen LogP contribution in [0.3, 0.4) is 0 Å². The van der Waals surface area contributed by atoms with Crippen molar-refractivity contribution in [2.24, 2.45) is 0 Å². The Morgan fingerprint density at radius 3 is 1.28 bits per heavy atom. The van der Waals surface area contributed by atoms with Crippen molar-refractivity contribution in [2.45, 2.75) is 220 Å². The van der Waals surface area contributed by atoms with E-state index in [4.69, 9.17) is 14.2 Å². The third-order valence-corrected chi connectivity index (χ3v) is 14.0. The summed E-state index contributed by atoms with van der Waals surface area (Å²) in [5.74, 6) is 1.08. The van der Waals surface area contributed by atoms with E-state index in [1.165, 1.54) is 181 Å². The Bertz CT molecular complexity index is 2100. The normalized spacial score (nSPS) is 11.5. The van der Waals surface area contributed by atoms with Crippen molar-refractivity contribution < 1.29 is 23.8 Å². The van der Waals surface area contributed by atoms with Gasteiger partial charge in [0.25, 0.3) is 5.91 Å². The van der Waals surface area contributed by atoms with Crippen molar-refractivity contribution in [3.05, 3.63) is 77.9 Å². The van der Waals surface area contributed by atoms with Crippen molar-refractivity contribution in [3.8, 4) is 17.2 Å². The lowest BCUT2D eigenvalue weighted by molar-refractivity contribution is -0.120. The summed E-state index contributed by atoms with van der Waals surface area (Å²) < 4.78 is 19.6. The van der Waals surface area contributed by atoms with Crippen molar-refractivity contribution in [3.63, 3.8) is 0 Å². The molecule has 5 aromatic rings. The number of rotatable bonds is 41. The Hall–Kier alpha value is -4.52. The number of unbranched alkanes of at least 4 members (excludes halogenated alkanes) is 27. The minimum atomic E-state index is -0.346. The molecule has 0 aliphatic heterocycles. The van der Waals surface area contributed by atoms with Gasteiger partial charge in [-0.1, -0.05) is 249 Å². The van der Waals surface area contributed by atoms with Crippen molar-refractivity contribution in [1.82, 2.24) is 10.6 Å². The molecule has 0 heterocycles. The van der Waals surface area contributed by atoms with Crippen LogP contribution in [0.15, 0.2) is 66.7 Å². The number of benzene rings is 5. The lowest BCUT2D eigenvalue weighted by Gasteiger charge is -2.19. The summed E-state index contributed by atoms with van der Waals surface area (Å²) in [6, 6.07) is 22.9. The molecule has 2 amide bonds. The number of carbonyl (C=O) groups excluding carboxylic acids is 2. The largest absolute Gasteiger partial charge is 0.490 e. The molecule has 0 fully saturated rings. The van der Waals surface area contributed by atoms with Crippen LogP contribution in [-0.2, 0) is 11.3 Å². The standard InChI is InChI=1S/C62H92N2O5/c1-4-7-10-13-16-19-22-25-28-31-43-67-56-46-54(62(66)64-49-58(65)63-48-53-40-39-52-38-37-50-35-34-36-51-41-42-55(53)60(52)59(50)51)47-57(68-44-32-29-26-23-20-17-14-11-8-5-2)61(56)69-45-33-30-27-24-21-18-15-12-9-6-3/h34-42,46-47H,4-33,43-45,48-49H2,1-3H3,(H,63,65)(H,64,66). The molecule has 5 rings (SSSR count). The molecule has 0 radical (unpaired) electrons. The zero-order chi connectivity index (χ0) is 48.6. The fourth-order valence-corrected chi connectivity index (χ4v) is 9.84. The number of nitrogens with one attached hydrogen (secondary N) is 2. The Kier molecular flexibility index (Phi) is 27.2. The van der Waals surface area contributed by atoms with Crippen LogP contribution in [0.5, 0.6) is 17.2 Å². The van der Waals surface area contributed by atoms with Gasteiger partial charge in [0.2, 0.25) is 11.7 Å². The molecular weight excluding hydrogens is 853 g/mol. The molecule has 0 aliphatic rings. The molecule has 5 aromatic carbocycles. The highest BCUT2D eigenvalue weighted by Crippen LogP contribution is 2.40. The summed E-state index contributed by atoms with van der Waals surface area (Å²) in [7, 11) is 0. The quantitative estimate of drug-likeness (QED) is 0.0301. The van der Waals surface area contributed by atoms with Crippen LogP contribution in [0, 0.1) is 0 Å². The molecule has 0 atom stereocenters. The van der Waals surface area contributed by atoms with Gasteiger partial charge in [-0.3, -0.25) is 9.59 Å². The number of ether oxygens (including phenoxy) is 3. The molecule has 69 heavy (non-hydrogen) atoms. The third-order valence-electron chi connectivity index (χ3n) is 14.0. The lowest BCUT2D eigenvalue weighted by atomic mass is 9.92. The first-order valence-electron chi connectivity index (χ1n) is 28.3. The van der Waals surface area contributed by atoms with Crippen LogP contribution in [-0.4, -0.2) is 38.2 Å². The van der Waals surface area contributed by atoms with Gasteiger partial charge in [-0.2, -0.15) is 0 Å². The van der Waals surface area contributed by atoms with Gasteiger partial charge < -0.3 is 24.8 Å². The fourth-order valence-electron chi connectivity index (χ4n) is 9.84. The average Bonchev–Trinajstić information content (AvgIpc) is 3.37. The molecule has 0 unspecified atom stereocenters. The fraction of sp³-hybridized carbons (Fsp3) is 0.613. The van der Waals surface area contributed by atoms with Crippen LogP contribution >= 0.6 is 0 Å². The Labute approximate surface area is 418 Å². The van der Waals surface area contributed by atoms with E-state index in [0.29, 0.717) is 49.2 Å². The van der Waals surface area contributed by atoms with E-state index < -0.39 is 0 Å². The zero-order valence-corrected chi connectivity index (χ0v) is 43.6. The highest BCUT2D eigenvalue weighted by Gasteiger charge is 2.20. The minimum Gasteiger partial charge on any atom is -0.490 e. The summed E-state index contributed by atoms with van der Waals surface area (Å²) in [6.45, 7) is 8.68. The average molecular weight is 945 g/mol. The van der Waals surface area contributed by atoms with E-state index in [9.17, 15) is 9.59 Å². The van der Waals surface area contributed by atoms with Crippen molar-refractivity contribution in [2.75, 3.05) is 26.4 Å². The Morgan fingerprint density at radius 1 is 0.420 bits per heavy atom. The second-order valence-electron chi connectivity index (χ2n) is 19.9. The number of amides is 2. The first-order chi connectivity index (χ1) is 34.0. The second-order valence-corrected chi connectivity index (χ2v) is 19.9. The lowest BCUT2D eigenvalue weighted by Crippen LogP contribution is -2.36. The van der Waals surface area contributed by atoms with Crippen LogP contribution < -0.4 is 24.8 Å². The molecule has 0 bridgehead atoms. The molecule has 7 nitrogen and oxygen atoms in total. The second kappa shape index (κ2) is 33.9. The zero-order valence-electron chi connectivity index (χ0n) is 43.6. The van der Waals surface area contributed by atoms with E-state index in [0.717, 1.165) is 49.5 Å². The smallest absolute Gasteiger partial charge is 0.251 e. The monoisotopic (exact) mass is 945 g/mol. The van der Waals surface area contributed by atoms with Gasteiger partial charge in [-0.05, 0) is 69.3 Å². The predicted octanol–water partition coefficient (Wildman–Crippen LogP) is 17.5. The first kappa shape index (κ1) is 55.4. The summed E-state index contributed by atoms with van der Waals surface area (Å²) in [5, 5.41) is 13.2. The summed E-state index contributed by atoms with van der Waals surface area (Å²) in [4.78, 5) is 27.3. The molecule has 0 aromatic heterocycles. The van der Waals surface area contributed by atoms with Crippen molar-refractivity contribution >= 4 is 44.1 Å². The van der Waals surface area contributed by atoms with Gasteiger partial charge in [0, 0.05) is 12.1 Å². The molecule has 7 heteroatoms. The highest BCUT2D eigenvalue weighted by molar-refractivity contribution is 6.23. The maximum atomic E-state index is 13.9. The van der Waals surface area contributed by atoms with E-state index >= 15 is 0 Å². The third kappa shape index (κ3) is 20.0. The Morgan fingerprint density at radius 2 is 0.812 bits per heavy atom. The van der Waals surface area contributed by atoms with E-state index in [1.807, 2.05) is 0 Å². The molecule has 0 saturated heterocycles. The van der Waals surface area contributed by atoms with Crippen LogP contribution in [0.25, 0.3) is 32.3 Å². The summed E-state index contributed by atoms with van der Waals surface area (Å²) in [6.07, 6.45) is 37.5. The maximum absolute atomic E-state index is 13.9. The number of hydrogen-bond acceptors (Lipinski definition) is 5. The molecule has 0 aliphatic carbocycles. The highest BCUT2D eigenvalue weighted by atomic mass is 16.5. The van der Waals surface area contributed by atoms with E-state index in [2.05, 4.69) is 86.0 Å².